The molecule has 2 aromatic rings. The van der Waals surface area contributed by atoms with Gasteiger partial charge in [-0.25, -0.2) is 4.98 Å². The first kappa shape index (κ1) is 15.2. The summed E-state index contributed by atoms with van der Waals surface area (Å²) < 4.78 is 0.602. The summed E-state index contributed by atoms with van der Waals surface area (Å²) in [6.07, 6.45) is 1.54. The molecule has 108 valence electrons. The third kappa shape index (κ3) is 4.13. The molecule has 1 heterocycles. The van der Waals surface area contributed by atoms with Crippen LogP contribution in [0.25, 0.3) is 0 Å². The number of aromatic nitrogens is 1. The summed E-state index contributed by atoms with van der Waals surface area (Å²) >= 11 is 3.27. The SMILES string of the molecule is CN(CC(=O)Nc1ccccc1)C(=O)c1ncccc1Br. The highest BCUT2D eigenvalue weighted by atomic mass is 79.9. The van der Waals surface area contributed by atoms with Crippen LogP contribution in [0.2, 0.25) is 0 Å². The number of hydrogen-bond acceptors (Lipinski definition) is 3. The Labute approximate surface area is 131 Å². The Morgan fingerprint density at radius 1 is 1.19 bits per heavy atom. The van der Waals surface area contributed by atoms with Crippen molar-refractivity contribution in [3.63, 3.8) is 0 Å². The van der Waals surface area contributed by atoms with E-state index in [9.17, 15) is 9.59 Å². The van der Waals surface area contributed by atoms with Crippen molar-refractivity contribution in [3.8, 4) is 0 Å². The van der Waals surface area contributed by atoms with E-state index in [-0.39, 0.29) is 24.1 Å². The maximum atomic E-state index is 12.2. The molecule has 6 heteroatoms. The third-order valence-electron chi connectivity index (χ3n) is 2.75. The van der Waals surface area contributed by atoms with Gasteiger partial charge in [-0.2, -0.15) is 0 Å². The van der Waals surface area contributed by atoms with Gasteiger partial charge in [0, 0.05) is 23.4 Å². The smallest absolute Gasteiger partial charge is 0.273 e. The molecular weight excluding hydrogens is 334 g/mol. The minimum absolute atomic E-state index is 0.0449. The van der Waals surface area contributed by atoms with Crippen molar-refractivity contribution in [3.05, 3.63) is 58.8 Å². The summed E-state index contributed by atoms with van der Waals surface area (Å²) in [5, 5.41) is 2.73. The number of carbonyl (C=O) groups is 2. The number of para-hydroxylation sites is 1. The van der Waals surface area contributed by atoms with Gasteiger partial charge in [-0.1, -0.05) is 18.2 Å². The van der Waals surface area contributed by atoms with Gasteiger partial charge in [-0.3, -0.25) is 9.59 Å². The lowest BCUT2D eigenvalue weighted by atomic mass is 10.3. The summed E-state index contributed by atoms with van der Waals surface area (Å²) in [6, 6.07) is 12.6. The molecule has 1 aromatic carbocycles. The van der Waals surface area contributed by atoms with Crippen LogP contribution >= 0.6 is 15.9 Å². The molecular formula is C15H14BrN3O2. The zero-order chi connectivity index (χ0) is 15.2. The average molecular weight is 348 g/mol. The fourth-order valence-corrected chi connectivity index (χ4v) is 2.16. The second-order valence-corrected chi connectivity index (χ2v) is 5.26. The summed E-state index contributed by atoms with van der Waals surface area (Å²) in [4.78, 5) is 29.5. The Bertz CT molecular complexity index is 646. The molecule has 0 radical (unpaired) electrons. The van der Waals surface area contributed by atoms with Crippen LogP contribution in [0, 0.1) is 0 Å². The van der Waals surface area contributed by atoms with Crippen molar-refractivity contribution in [1.82, 2.24) is 9.88 Å². The maximum Gasteiger partial charge on any atom is 0.273 e. The molecule has 0 atom stereocenters. The molecule has 0 spiro atoms. The molecule has 0 unspecified atom stereocenters. The number of anilines is 1. The lowest BCUT2D eigenvalue weighted by Crippen LogP contribution is -2.35. The molecule has 5 nitrogen and oxygen atoms in total. The Hall–Kier alpha value is -2.21. The number of benzene rings is 1. The van der Waals surface area contributed by atoms with Crippen molar-refractivity contribution >= 4 is 33.4 Å². The average Bonchev–Trinajstić information content (AvgIpc) is 2.48. The minimum atomic E-state index is -0.314. The zero-order valence-corrected chi connectivity index (χ0v) is 13.0. The van der Waals surface area contributed by atoms with Gasteiger partial charge >= 0.3 is 0 Å². The molecule has 21 heavy (non-hydrogen) atoms. The highest BCUT2D eigenvalue weighted by Crippen LogP contribution is 2.14. The van der Waals surface area contributed by atoms with Crippen LogP contribution in [0.15, 0.2) is 53.1 Å². The molecule has 0 saturated heterocycles. The van der Waals surface area contributed by atoms with E-state index in [1.54, 1.807) is 31.3 Å². The molecule has 0 saturated carbocycles. The van der Waals surface area contributed by atoms with Crippen LogP contribution in [0.1, 0.15) is 10.5 Å². The lowest BCUT2D eigenvalue weighted by molar-refractivity contribution is -0.116. The second-order valence-electron chi connectivity index (χ2n) is 4.41. The van der Waals surface area contributed by atoms with Crippen LogP contribution in [0.4, 0.5) is 5.69 Å². The fraction of sp³-hybridized carbons (Fsp3) is 0.133. The van der Waals surface area contributed by atoms with Gasteiger partial charge in [0.05, 0.1) is 6.54 Å². The quantitative estimate of drug-likeness (QED) is 0.924. The Kier molecular flexibility index (Phi) is 5.05. The predicted octanol–water partition coefficient (Wildman–Crippen LogP) is 2.55. The van der Waals surface area contributed by atoms with Gasteiger partial charge in [0.1, 0.15) is 5.69 Å². The summed E-state index contributed by atoms with van der Waals surface area (Å²) in [5.41, 5.74) is 0.981. The van der Waals surface area contributed by atoms with E-state index in [1.165, 1.54) is 11.1 Å². The van der Waals surface area contributed by atoms with Crippen LogP contribution in [-0.2, 0) is 4.79 Å². The largest absolute Gasteiger partial charge is 0.331 e. The van der Waals surface area contributed by atoms with E-state index in [0.717, 1.165) is 0 Å². The van der Waals surface area contributed by atoms with Gasteiger partial charge in [0.25, 0.3) is 5.91 Å². The first-order chi connectivity index (χ1) is 10.1. The molecule has 2 amide bonds. The number of hydrogen-bond donors (Lipinski definition) is 1. The molecule has 0 aliphatic rings. The van der Waals surface area contributed by atoms with Gasteiger partial charge in [-0.05, 0) is 40.2 Å². The van der Waals surface area contributed by atoms with Crippen LogP contribution < -0.4 is 5.32 Å². The normalized spacial score (nSPS) is 10.0. The number of likely N-dealkylation sites (N-methyl/N-ethyl adjacent to an activating group) is 1. The van der Waals surface area contributed by atoms with E-state index < -0.39 is 0 Å². The van der Waals surface area contributed by atoms with Crippen molar-refractivity contribution in [1.29, 1.82) is 0 Å². The monoisotopic (exact) mass is 347 g/mol. The zero-order valence-electron chi connectivity index (χ0n) is 11.4. The fourth-order valence-electron chi connectivity index (χ4n) is 1.73. The minimum Gasteiger partial charge on any atom is -0.331 e. The first-order valence-electron chi connectivity index (χ1n) is 6.29. The van der Waals surface area contributed by atoms with E-state index in [1.807, 2.05) is 18.2 Å². The Morgan fingerprint density at radius 3 is 2.57 bits per heavy atom. The molecule has 2 rings (SSSR count). The standard InChI is InChI=1S/C15H14BrN3O2/c1-19(15(21)14-12(16)8-5-9-17-14)10-13(20)18-11-6-3-2-4-7-11/h2-9H,10H2,1H3,(H,18,20). The van der Waals surface area contributed by atoms with E-state index in [4.69, 9.17) is 0 Å². The van der Waals surface area contributed by atoms with E-state index in [0.29, 0.717) is 10.2 Å². The van der Waals surface area contributed by atoms with Crippen molar-refractivity contribution in [2.75, 3.05) is 18.9 Å². The number of carbonyl (C=O) groups excluding carboxylic acids is 2. The lowest BCUT2D eigenvalue weighted by Gasteiger charge is -2.16. The number of rotatable bonds is 4. The van der Waals surface area contributed by atoms with Crippen molar-refractivity contribution < 1.29 is 9.59 Å². The topological polar surface area (TPSA) is 62.3 Å². The van der Waals surface area contributed by atoms with Crippen LogP contribution in [0.3, 0.4) is 0 Å². The molecule has 1 aromatic heterocycles. The Morgan fingerprint density at radius 2 is 1.90 bits per heavy atom. The highest BCUT2D eigenvalue weighted by Gasteiger charge is 2.18. The number of halogens is 1. The first-order valence-corrected chi connectivity index (χ1v) is 7.08. The second kappa shape index (κ2) is 6.99. The molecule has 0 bridgehead atoms. The number of pyridine rings is 1. The predicted molar refractivity (Wildman–Crippen MR) is 84.0 cm³/mol. The number of amides is 2. The van der Waals surface area contributed by atoms with Crippen LogP contribution in [0.5, 0.6) is 0 Å². The van der Waals surface area contributed by atoms with Gasteiger partial charge in [0.2, 0.25) is 5.91 Å². The molecule has 0 fully saturated rings. The van der Waals surface area contributed by atoms with Crippen LogP contribution in [-0.4, -0.2) is 35.3 Å². The van der Waals surface area contributed by atoms with Gasteiger partial charge in [0.15, 0.2) is 0 Å². The van der Waals surface area contributed by atoms with Gasteiger partial charge < -0.3 is 10.2 Å². The van der Waals surface area contributed by atoms with E-state index in [2.05, 4.69) is 26.2 Å². The number of nitrogens with zero attached hydrogens (tertiary/aromatic N) is 2. The Balaban J connectivity index is 1.98. The van der Waals surface area contributed by atoms with Crippen molar-refractivity contribution in [2.24, 2.45) is 0 Å². The van der Waals surface area contributed by atoms with Gasteiger partial charge in [-0.15, -0.1) is 0 Å². The maximum absolute atomic E-state index is 12.2. The molecule has 0 aliphatic heterocycles. The third-order valence-corrected chi connectivity index (χ3v) is 3.39. The summed E-state index contributed by atoms with van der Waals surface area (Å²) in [5.74, 6) is -0.574. The number of nitrogens with one attached hydrogen (secondary N) is 1. The highest BCUT2D eigenvalue weighted by molar-refractivity contribution is 9.10. The summed E-state index contributed by atoms with van der Waals surface area (Å²) in [7, 11) is 1.56. The summed E-state index contributed by atoms with van der Waals surface area (Å²) in [6.45, 7) is -0.0449. The molecule has 1 N–H and O–H groups in total. The van der Waals surface area contributed by atoms with Crippen molar-refractivity contribution in [2.45, 2.75) is 0 Å². The van der Waals surface area contributed by atoms with E-state index >= 15 is 0 Å². The molecule has 0 aliphatic carbocycles.